The molecular weight excluding hydrogens is 308 g/mol. The minimum Gasteiger partial charge on any atom is -0.384 e. The second-order valence-corrected chi connectivity index (χ2v) is 5.06. The molecule has 0 radical (unpaired) electrons. The summed E-state index contributed by atoms with van der Waals surface area (Å²) in [4.78, 5) is 21.8. The van der Waals surface area contributed by atoms with Crippen molar-refractivity contribution in [1.29, 1.82) is 5.26 Å². The Hall–Kier alpha value is -3.40. The van der Waals surface area contributed by atoms with Gasteiger partial charge in [0.05, 0.1) is 16.2 Å². The fraction of sp³-hybridized carbons (Fsp3) is 0.176. The highest BCUT2D eigenvalue weighted by Gasteiger charge is 2.10. The molecule has 0 aliphatic carbocycles. The third-order valence-corrected chi connectivity index (χ3v) is 3.48. The zero-order chi connectivity index (χ0) is 17.5. The van der Waals surface area contributed by atoms with E-state index >= 15 is 0 Å². The van der Waals surface area contributed by atoms with E-state index in [0.29, 0.717) is 24.2 Å². The molecule has 0 unspecified atom stereocenters. The van der Waals surface area contributed by atoms with E-state index in [1.54, 1.807) is 13.1 Å². The van der Waals surface area contributed by atoms with E-state index in [1.165, 1.54) is 18.2 Å². The van der Waals surface area contributed by atoms with Crippen LogP contribution in [-0.4, -0.2) is 24.4 Å². The van der Waals surface area contributed by atoms with Crippen LogP contribution in [0.4, 0.5) is 11.4 Å². The van der Waals surface area contributed by atoms with Crippen molar-refractivity contribution in [3.8, 4) is 6.07 Å². The molecule has 0 heterocycles. The number of benzene rings is 2. The number of nitro groups is 1. The highest BCUT2D eigenvalue weighted by atomic mass is 16.6. The van der Waals surface area contributed by atoms with Gasteiger partial charge in [0.2, 0.25) is 0 Å². The monoisotopic (exact) mass is 324 g/mol. The molecule has 7 nitrogen and oxygen atoms in total. The SMILES string of the molecule is CNC(=O)c1cccc(CCNc2ccc([N+](=O)[O-])cc2C#N)c1. The van der Waals surface area contributed by atoms with Gasteiger partial charge in [-0.3, -0.25) is 14.9 Å². The molecule has 122 valence electrons. The number of carbonyl (C=O) groups excluding carboxylic acids is 1. The Balaban J connectivity index is 2.03. The summed E-state index contributed by atoms with van der Waals surface area (Å²) >= 11 is 0. The number of hydrogen-bond acceptors (Lipinski definition) is 5. The van der Waals surface area contributed by atoms with Crippen molar-refractivity contribution in [3.63, 3.8) is 0 Å². The lowest BCUT2D eigenvalue weighted by Crippen LogP contribution is -2.18. The lowest BCUT2D eigenvalue weighted by molar-refractivity contribution is -0.384. The highest BCUT2D eigenvalue weighted by Crippen LogP contribution is 2.21. The van der Waals surface area contributed by atoms with E-state index in [9.17, 15) is 14.9 Å². The Morgan fingerprint density at radius 1 is 1.29 bits per heavy atom. The van der Waals surface area contributed by atoms with Gasteiger partial charge in [0.25, 0.3) is 11.6 Å². The second kappa shape index (κ2) is 7.74. The molecule has 0 bridgehead atoms. The Labute approximate surface area is 139 Å². The normalized spacial score (nSPS) is 9.83. The van der Waals surface area contributed by atoms with Crippen molar-refractivity contribution in [1.82, 2.24) is 5.32 Å². The molecule has 24 heavy (non-hydrogen) atoms. The molecule has 0 aliphatic heterocycles. The number of nitrogens with zero attached hydrogens (tertiary/aromatic N) is 2. The summed E-state index contributed by atoms with van der Waals surface area (Å²) in [5, 5.41) is 25.5. The number of anilines is 1. The minimum absolute atomic E-state index is 0.115. The fourth-order valence-corrected chi connectivity index (χ4v) is 2.25. The maximum absolute atomic E-state index is 11.6. The topological polar surface area (TPSA) is 108 Å². The van der Waals surface area contributed by atoms with Gasteiger partial charge in [0.15, 0.2) is 0 Å². The van der Waals surface area contributed by atoms with Crippen molar-refractivity contribution in [2.24, 2.45) is 0 Å². The molecule has 0 saturated heterocycles. The number of hydrogen-bond donors (Lipinski definition) is 2. The first-order valence-corrected chi connectivity index (χ1v) is 7.28. The molecule has 2 rings (SSSR count). The van der Waals surface area contributed by atoms with Crippen molar-refractivity contribution < 1.29 is 9.72 Å². The van der Waals surface area contributed by atoms with Gasteiger partial charge in [-0.2, -0.15) is 5.26 Å². The molecule has 0 aromatic heterocycles. The maximum Gasteiger partial charge on any atom is 0.270 e. The summed E-state index contributed by atoms with van der Waals surface area (Å²) in [5.74, 6) is -0.146. The van der Waals surface area contributed by atoms with Crippen LogP contribution in [-0.2, 0) is 6.42 Å². The number of nitriles is 1. The Morgan fingerprint density at radius 2 is 2.08 bits per heavy atom. The molecule has 7 heteroatoms. The van der Waals surface area contributed by atoms with Gasteiger partial charge in [-0.05, 0) is 30.2 Å². The lowest BCUT2D eigenvalue weighted by atomic mass is 10.1. The van der Waals surface area contributed by atoms with Crippen LogP contribution in [0.3, 0.4) is 0 Å². The van der Waals surface area contributed by atoms with E-state index in [0.717, 1.165) is 5.56 Å². The zero-order valence-electron chi connectivity index (χ0n) is 13.1. The summed E-state index contributed by atoms with van der Waals surface area (Å²) in [6.07, 6.45) is 0.646. The molecule has 0 saturated carbocycles. The van der Waals surface area contributed by atoms with Crippen LogP contribution >= 0.6 is 0 Å². The van der Waals surface area contributed by atoms with Crippen LogP contribution in [0.5, 0.6) is 0 Å². The van der Waals surface area contributed by atoms with Gasteiger partial charge in [-0.25, -0.2) is 0 Å². The van der Waals surface area contributed by atoms with Gasteiger partial charge in [-0.15, -0.1) is 0 Å². The fourth-order valence-electron chi connectivity index (χ4n) is 2.25. The third kappa shape index (κ3) is 4.08. The highest BCUT2D eigenvalue weighted by molar-refractivity contribution is 5.94. The Bertz CT molecular complexity index is 812. The first-order valence-electron chi connectivity index (χ1n) is 7.28. The predicted molar refractivity (Wildman–Crippen MR) is 89.8 cm³/mol. The summed E-state index contributed by atoms with van der Waals surface area (Å²) in [6.45, 7) is 0.531. The van der Waals surface area contributed by atoms with Gasteiger partial charge < -0.3 is 10.6 Å². The first kappa shape index (κ1) is 17.0. The van der Waals surface area contributed by atoms with Gasteiger partial charge >= 0.3 is 0 Å². The minimum atomic E-state index is -0.533. The molecule has 0 atom stereocenters. The van der Waals surface area contributed by atoms with Crippen LogP contribution in [0.15, 0.2) is 42.5 Å². The number of carbonyl (C=O) groups is 1. The van der Waals surface area contributed by atoms with E-state index in [1.807, 2.05) is 24.3 Å². The van der Waals surface area contributed by atoms with Gasteiger partial charge in [-0.1, -0.05) is 12.1 Å². The average Bonchev–Trinajstić information content (AvgIpc) is 2.61. The molecule has 2 aromatic rings. The van der Waals surface area contributed by atoms with Crippen molar-refractivity contribution in [2.45, 2.75) is 6.42 Å². The van der Waals surface area contributed by atoms with E-state index < -0.39 is 4.92 Å². The van der Waals surface area contributed by atoms with Crippen LogP contribution in [0.25, 0.3) is 0 Å². The Morgan fingerprint density at radius 3 is 2.75 bits per heavy atom. The molecule has 0 aliphatic rings. The second-order valence-electron chi connectivity index (χ2n) is 5.06. The summed E-state index contributed by atoms with van der Waals surface area (Å²) in [5.41, 5.74) is 2.22. The van der Waals surface area contributed by atoms with Gasteiger partial charge in [0, 0.05) is 31.3 Å². The maximum atomic E-state index is 11.6. The summed E-state index contributed by atoms with van der Waals surface area (Å²) in [6, 6.07) is 13.3. The molecule has 0 fully saturated rings. The van der Waals surface area contributed by atoms with Crippen molar-refractivity contribution in [3.05, 3.63) is 69.3 Å². The average molecular weight is 324 g/mol. The summed E-state index contributed by atoms with van der Waals surface area (Å²) < 4.78 is 0. The predicted octanol–water partition coefficient (Wildman–Crippen LogP) is 2.48. The van der Waals surface area contributed by atoms with Crippen LogP contribution in [0.1, 0.15) is 21.5 Å². The van der Waals surface area contributed by atoms with Crippen LogP contribution in [0.2, 0.25) is 0 Å². The van der Waals surface area contributed by atoms with Gasteiger partial charge in [0.1, 0.15) is 6.07 Å². The largest absolute Gasteiger partial charge is 0.384 e. The number of nitro benzene ring substituents is 1. The number of non-ortho nitro benzene ring substituents is 1. The van der Waals surface area contributed by atoms with Crippen LogP contribution in [0, 0.1) is 21.4 Å². The number of amides is 1. The van der Waals surface area contributed by atoms with E-state index in [4.69, 9.17) is 5.26 Å². The third-order valence-electron chi connectivity index (χ3n) is 3.48. The molecule has 2 N–H and O–H groups in total. The molecule has 2 aromatic carbocycles. The number of rotatable bonds is 6. The molecule has 0 spiro atoms. The van der Waals surface area contributed by atoms with Crippen molar-refractivity contribution >= 4 is 17.3 Å². The van der Waals surface area contributed by atoms with Crippen molar-refractivity contribution in [2.75, 3.05) is 18.9 Å². The Kier molecular flexibility index (Phi) is 5.47. The first-order chi connectivity index (χ1) is 11.5. The molecular formula is C17H16N4O3. The van der Waals surface area contributed by atoms with E-state index in [2.05, 4.69) is 10.6 Å². The van der Waals surface area contributed by atoms with E-state index in [-0.39, 0.29) is 17.2 Å². The zero-order valence-corrected chi connectivity index (χ0v) is 13.1. The summed E-state index contributed by atoms with van der Waals surface area (Å²) in [7, 11) is 1.58. The quantitative estimate of drug-likeness (QED) is 0.627. The molecule has 1 amide bonds. The lowest BCUT2D eigenvalue weighted by Gasteiger charge is -2.09. The van der Waals surface area contributed by atoms with Crippen LogP contribution < -0.4 is 10.6 Å². The smallest absolute Gasteiger partial charge is 0.270 e. The standard InChI is InChI=1S/C17H16N4O3/c1-19-17(22)13-4-2-3-12(9-13)7-8-20-16-6-5-15(21(23)24)10-14(16)11-18/h2-6,9-10,20H,7-8H2,1H3,(H,19,22). The number of nitrogens with one attached hydrogen (secondary N) is 2.